The number of halogens is 5. The Kier molecular flexibility index (Phi) is 19.7. The summed E-state index contributed by atoms with van der Waals surface area (Å²) in [5.41, 5.74) is 0.704. The maximum absolute atomic E-state index is 15.6. The van der Waals surface area contributed by atoms with Crippen molar-refractivity contribution < 1.29 is 31.7 Å². The van der Waals surface area contributed by atoms with Gasteiger partial charge in [-0.2, -0.15) is 13.2 Å². The van der Waals surface area contributed by atoms with E-state index < -0.39 is 28.1 Å². The van der Waals surface area contributed by atoms with Crippen molar-refractivity contribution in [1.29, 1.82) is 0 Å². The molecule has 2 fully saturated rings. The van der Waals surface area contributed by atoms with Gasteiger partial charge in [0.2, 0.25) is 0 Å². The van der Waals surface area contributed by atoms with Crippen molar-refractivity contribution >= 4 is 74.8 Å². The number of aromatic nitrogens is 1. The number of nitrogens with zero attached hydrogens (tertiary/aromatic N) is 4. The smallest absolute Gasteiger partial charge is 0.475 e. The summed E-state index contributed by atoms with van der Waals surface area (Å²) in [5.74, 6) is -0.942. The number of piperidine rings is 1. The number of nitrogens with one attached hydrogen (secondary N) is 3. The van der Waals surface area contributed by atoms with Gasteiger partial charge in [-0.3, -0.25) is 0 Å². The Hall–Kier alpha value is -5.17. The van der Waals surface area contributed by atoms with E-state index in [-0.39, 0.29) is 22.2 Å². The number of hydrogen-bond acceptors (Lipinski definition) is 10. The highest BCUT2D eigenvalue weighted by atomic mass is 35.5. The van der Waals surface area contributed by atoms with Crippen molar-refractivity contribution in [2.45, 2.75) is 85.8 Å². The van der Waals surface area contributed by atoms with Crippen LogP contribution in [0.1, 0.15) is 56.1 Å². The number of thioether (sulfide) groups is 1. The molecule has 4 N–H and O–H groups in total. The molecule has 0 spiro atoms. The van der Waals surface area contributed by atoms with E-state index in [9.17, 15) is 27.3 Å². The second kappa shape index (κ2) is 25.9. The molecule has 8 rings (SSSR count). The first-order valence-corrected chi connectivity index (χ1v) is 28.0. The first-order valence-electron chi connectivity index (χ1n) is 24.7. The van der Waals surface area contributed by atoms with Crippen molar-refractivity contribution in [2.75, 3.05) is 78.5 Å². The monoisotopic (exact) mass is 1080 g/mol. The van der Waals surface area contributed by atoms with E-state index in [2.05, 4.69) is 30.1 Å². The van der Waals surface area contributed by atoms with Gasteiger partial charge in [0, 0.05) is 100 Å². The average molecular weight is 1080 g/mol. The Labute approximate surface area is 442 Å². The molecule has 0 saturated carbocycles. The predicted octanol–water partition coefficient (Wildman–Crippen LogP) is 13.4. The fourth-order valence-electron chi connectivity index (χ4n) is 9.44. The molecular formula is C55H64ClF4N7O3S3. The quantitative estimate of drug-likeness (QED) is 0.0354. The van der Waals surface area contributed by atoms with E-state index in [0.29, 0.717) is 89.1 Å². The number of piperazine rings is 1. The Bertz CT molecular complexity index is 2790. The third-order valence-corrected chi connectivity index (χ3v) is 16.6. The third-order valence-electron chi connectivity index (χ3n) is 13.2. The van der Waals surface area contributed by atoms with Crippen LogP contribution in [0.5, 0.6) is 0 Å². The van der Waals surface area contributed by atoms with Gasteiger partial charge in [0.25, 0.3) is 0 Å². The predicted molar refractivity (Wildman–Crippen MR) is 296 cm³/mol. The first kappa shape index (κ1) is 55.6. The maximum Gasteiger partial charge on any atom is 0.475 e. The lowest BCUT2D eigenvalue weighted by Gasteiger charge is -2.37. The summed E-state index contributed by atoms with van der Waals surface area (Å²) in [6.45, 7) is 13.4. The first-order chi connectivity index (χ1) is 35.2. The van der Waals surface area contributed by atoms with Crippen molar-refractivity contribution in [2.24, 2.45) is 0 Å². The Morgan fingerprint density at radius 1 is 0.836 bits per heavy atom. The standard InChI is InChI=1S/C53H58ClF4N7O3S3.C2H6/c1-4-65-35(2)49(52(66)67)50(51(65)36-10-12-38(54)13-11-36)37-30-39(55)32-44(31-37)64-28-26-63(27-29-64)43-16-14-41(15-17-43)61-70-46-18-19-47(48(33-46)71(68)53(56,57)58)60-42(34-69-45-8-6-5-7-9-45)22-25-62-23-20-40(59-3)21-24-62;1-2/h5-19,30-33,40,42,59-61H,4,20-29,34H2,1-3H3,(H,66,67);1-2H3. The Morgan fingerprint density at radius 3 is 2.11 bits per heavy atom. The molecule has 5 aromatic carbocycles. The summed E-state index contributed by atoms with van der Waals surface area (Å²) in [6.07, 6.45) is 2.80. The number of anilines is 4. The van der Waals surface area contributed by atoms with Crippen LogP contribution in [0.3, 0.4) is 0 Å². The number of rotatable bonds is 19. The lowest BCUT2D eigenvalue weighted by atomic mass is 9.96. The number of carbonyl (C=O) groups is 1. The van der Waals surface area contributed by atoms with E-state index in [1.165, 1.54) is 18.2 Å². The average Bonchev–Trinajstić information content (AvgIpc) is 3.71. The molecule has 2 aliphatic heterocycles. The minimum Gasteiger partial charge on any atom is -0.478 e. The molecule has 10 nitrogen and oxygen atoms in total. The Balaban J connectivity index is 0.00000385. The van der Waals surface area contributed by atoms with Gasteiger partial charge in [0.1, 0.15) is 5.82 Å². The summed E-state index contributed by atoms with van der Waals surface area (Å²) < 4.78 is 76.4. The molecule has 0 amide bonds. The lowest BCUT2D eigenvalue weighted by Crippen LogP contribution is -2.46. The lowest BCUT2D eigenvalue weighted by molar-refractivity contribution is -0.0384. The second-order valence-electron chi connectivity index (χ2n) is 17.7. The summed E-state index contributed by atoms with van der Waals surface area (Å²) in [5, 5.41) is 17.7. The highest BCUT2D eigenvalue weighted by Gasteiger charge is 2.40. The van der Waals surface area contributed by atoms with Gasteiger partial charge in [-0.1, -0.05) is 55.8 Å². The second-order valence-corrected chi connectivity index (χ2v) is 21.5. The van der Waals surface area contributed by atoms with Gasteiger partial charge in [-0.25, -0.2) is 13.4 Å². The van der Waals surface area contributed by atoms with Gasteiger partial charge in [-0.05, 0) is 161 Å². The molecule has 3 heterocycles. The molecule has 2 unspecified atom stereocenters. The number of carboxylic acid groups (broad SMARTS) is 1. The van der Waals surface area contributed by atoms with Crippen LogP contribution in [0.25, 0.3) is 22.4 Å². The van der Waals surface area contributed by atoms with Crippen molar-refractivity contribution in [3.63, 3.8) is 0 Å². The van der Waals surface area contributed by atoms with Crippen LogP contribution in [0.15, 0.2) is 130 Å². The van der Waals surface area contributed by atoms with E-state index in [4.69, 9.17) is 11.6 Å². The van der Waals surface area contributed by atoms with Crippen molar-refractivity contribution in [3.8, 4) is 22.4 Å². The molecule has 0 aliphatic carbocycles. The minimum atomic E-state index is -4.95. The molecule has 73 heavy (non-hydrogen) atoms. The number of alkyl halides is 3. The molecule has 2 aliphatic rings. The molecule has 18 heteroatoms. The number of carboxylic acids is 1. The third kappa shape index (κ3) is 14.2. The number of likely N-dealkylation sites (tertiary alicyclic amines) is 1. The van der Waals surface area contributed by atoms with Crippen LogP contribution in [0.2, 0.25) is 5.02 Å². The zero-order chi connectivity index (χ0) is 52.2. The van der Waals surface area contributed by atoms with Gasteiger partial charge in [0.15, 0.2) is 10.8 Å². The van der Waals surface area contributed by atoms with Crippen LogP contribution in [-0.4, -0.2) is 101 Å². The van der Waals surface area contributed by atoms with Crippen molar-refractivity contribution in [1.82, 2.24) is 14.8 Å². The van der Waals surface area contributed by atoms with Gasteiger partial charge >= 0.3 is 11.5 Å². The molecule has 0 radical (unpaired) electrons. The highest BCUT2D eigenvalue weighted by Crippen LogP contribution is 2.42. The summed E-state index contributed by atoms with van der Waals surface area (Å²) in [6, 6.07) is 34.6. The van der Waals surface area contributed by atoms with E-state index >= 15 is 4.39 Å². The summed E-state index contributed by atoms with van der Waals surface area (Å²) >= 11 is 9.00. The molecule has 0 bridgehead atoms. The van der Waals surface area contributed by atoms with Gasteiger partial charge in [-0.15, -0.1) is 11.8 Å². The number of hydrogen-bond donors (Lipinski definition) is 4. The molecular weight excluding hydrogens is 1010 g/mol. The molecule has 390 valence electrons. The number of benzene rings is 5. The molecule has 2 saturated heterocycles. The zero-order valence-electron chi connectivity index (χ0n) is 41.8. The normalized spacial score (nSPS) is 15.4. The zero-order valence-corrected chi connectivity index (χ0v) is 45.0. The Morgan fingerprint density at radius 2 is 1.49 bits per heavy atom. The maximum atomic E-state index is 15.6. The fraction of sp³-hybridized carbons (Fsp3) is 0.364. The van der Waals surface area contributed by atoms with Crippen LogP contribution >= 0.6 is 35.3 Å². The fourth-order valence-corrected chi connectivity index (χ4v) is 12.1. The SMILES string of the molecule is CC.CCn1c(C)c(C(=O)O)c(-c2cc(F)cc(N3CCN(c4ccc(NSc5ccc(NC(CCN6CCC(NC)CC6)CSc6ccccc6)c(S(=O)C(F)(F)F)c5)cc4)CC3)c2)c1-c1ccc(Cl)cc1. The largest absolute Gasteiger partial charge is 0.478 e. The minimum absolute atomic E-state index is 0.128. The van der Waals surface area contributed by atoms with Crippen LogP contribution in [-0.2, 0) is 17.3 Å². The van der Waals surface area contributed by atoms with E-state index in [1.54, 1.807) is 43.0 Å². The molecule has 6 aromatic rings. The van der Waals surface area contributed by atoms with Crippen LogP contribution < -0.4 is 25.2 Å². The summed E-state index contributed by atoms with van der Waals surface area (Å²) in [4.78, 5) is 20.7. The van der Waals surface area contributed by atoms with Crippen LogP contribution in [0, 0.1) is 12.7 Å². The van der Waals surface area contributed by atoms with E-state index in [0.717, 1.165) is 66.3 Å². The summed E-state index contributed by atoms with van der Waals surface area (Å²) in [7, 11) is -1.28. The molecule has 2 atom stereocenters. The van der Waals surface area contributed by atoms with E-state index in [1.807, 2.05) is 105 Å². The topological polar surface area (TPSA) is 105 Å². The van der Waals surface area contributed by atoms with Crippen LogP contribution in [0.4, 0.5) is 40.3 Å². The number of aromatic carboxylic acids is 1. The van der Waals surface area contributed by atoms with Gasteiger partial charge < -0.3 is 39.7 Å². The van der Waals surface area contributed by atoms with Gasteiger partial charge in [0.05, 0.1) is 21.8 Å². The van der Waals surface area contributed by atoms with Crippen molar-refractivity contribution in [3.05, 3.63) is 137 Å². The molecule has 1 aromatic heterocycles. The highest BCUT2D eigenvalue weighted by molar-refractivity contribution is 8.00.